The van der Waals surface area contributed by atoms with Gasteiger partial charge in [0.1, 0.15) is 12.4 Å². The van der Waals surface area contributed by atoms with Gasteiger partial charge in [0.15, 0.2) is 0 Å². The second-order valence-corrected chi connectivity index (χ2v) is 3.92. The molecule has 0 saturated carbocycles. The average molecular weight is 212 g/mol. The van der Waals surface area contributed by atoms with E-state index in [0.29, 0.717) is 5.56 Å². The van der Waals surface area contributed by atoms with Gasteiger partial charge in [-0.25, -0.2) is 4.39 Å². The van der Waals surface area contributed by atoms with Gasteiger partial charge in [0.25, 0.3) is 0 Å². The fraction of sp³-hybridized carbons (Fsp3) is 0.364. The minimum Gasteiger partial charge on any atom is -0.508 e. The highest BCUT2D eigenvalue weighted by atomic mass is 19.1. The number of carboxylic acid groups (broad SMARTS) is 1. The number of hydrogen-bond acceptors (Lipinski definition) is 2. The van der Waals surface area contributed by atoms with Crippen molar-refractivity contribution in [1.29, 1.82) is 0 Å². The van der Waals surface area contributed by atoms with E-state index in [1.807, 2.05) is 0 Å². The molecule has 1 aromatic rings. The zero-order valence-electron chi connectivity index (χ0n) is 8.62. The number of rotatable bonds is 3. The van der Waals surface area contributed by atoms with Gasteiger partial charge >= 0.3 is 5.97 Å². The molecule has 0 bridgehead atoms. The van der Waals surface area contributed by atoms with Crippen molar-refractivity contribution in [2.75, 3.05) is 0 Å². The van der Waals surface area contributed by atoms with Gasteiger partial charge in [-0.2, -0.15) is 0 Å². The number of benzene rings is 1. The van der Waals surface area contributed by atoms with Crippen LogP contribution in [0.5, 0.6) is 5.75 Å². The third-order valence-electron chi connectivity index (χ3n) is 2.42. The topological polar surface area (TPSA) is 57.5 Å². The maximum absolute atomic E-state index is 12.4. The van der Waals surface area contributed by atoms with Crippen LogP contribution in [0.3, 0.4) is 0 Å². The molecular formula is C11H13FO3. The minimum absolute atomic E-state index is 0.125. The molecule has 0 fully saturated rings. The summed E-state index contributed by atoms with van der Waals surface area (Å²) in [7, 11) is 0. The first kappa shape index (κ1) is 11.5. The van der Waals surface area contributed by atoms with Crippen LogP contribution < -0.4 is 0 Å². The lowest BCUT2D eigenvalue weighted by Crippen LogP contribution is -2.28. The van der Waals surface area contributed by atoms with E-state index in [-0.39, 0.29) is 11.3 Å². The van der Waals surface area contributed by atoms with E-state index in [9.17, 15) is 14.3 Å². The van der Waals surface area contributed by atoms with Crippen LogP contribution in [0, 0.1) is 0 Å². The summed E-state index contributed by atoms with van der Waals surface area (Å²) in [6.07, 6.45) is 0. The standard InChI is InChI=1S/C11H13FO3/c1-11(2,10(14)15)8-5-7(6-12)3-4-9(8)13/h3-5,13H,6H2,1-2H3,(H,14,15). The van der Waals surface area contributed by atoms with E-state index in [4.69, 9.17) is 5.11 Å². The number of carbonyl (C=O) groups is 1. The van der Waals surface area contributed by atoms with Crippen molar-refractivity contribution >= 4 is 5.97 Å². The Morgan fingerprint density at radius 2 is 2.07 bits per heavy atom. The summed E-state index contributed by atoms with van der Waals surface area (Å²) < 4.78 is 12.4. The maximum atomic E-state index is 12.4. The molecule has 0 amide bonds. The number of halogens is 1. The Balaban J connectivity index is 3.29. The number of carboxylic acids is 1. The summed E-state index contributed by atoms with van der Waals surface area (Å²) in [5.74, 6) is -1.19. The quantitative estimate of drug-likeness (QED) is 0.807. The Morgan fingerprint density at radius 1 is 1.47 bits per heavy atom. The SMILES string of the molecule is CC(C)(C(=O)O)c1cc(CF)ccc1O. The number of phenolic OH excluding ortho intramolecular Hbond substituents is 1. The fourth-order valence-corrected chi connectivity index (χ4v) is 1.28. The second kappa shape index (κ2) is 3.88. The van der Waals surface area contributed by atoms with E-state index in [1.165, 1.54) is 32.0 Å². The van der Waals surface area contributed by atoms with Gasteiger partial charge < -0.3 is 10.2 Å². The van der Waals surface area contributed by atoms with Gasteiger partial charge in [-0.3, -0.25) is 4.79 Å². The number of aliphatic carboxylic acids is 1. The molecule has 82 valence electrons. The van der Waals surface area contributed by atoms with Crippen LogP contribution in [0.15, 0.2) is 18.2 Å². The smallest absolute Gasteiger partial charge is 0.313 e. The van der Waals surface area contributed by atoms with Gasteiger partial charge in [-0.1, -0.05) is 6.07 Å². The molecule has 0 spiro atoms. The first-order valence-corrected chi connectivity index (χ1v) is 4.51. The lowest BCUT2D eigenvalue weighted by atomic mass is 9.83. The highest BCUT2D eigenvalue weighted by Crippen LogP contribution is 2.32. The average Bonchev–Trinajstić information content (AvgIpc) is 2.18. The summed E-state index contributed by atoms with van der Waals surface area (Å²) in [6, 6.07) is 4.12. The van der Waals surface area contributed by atoms with Crippen LogP contribution >= 0.6 is 0 Å². The maximum Gasteiger partial charge on any atom is 0.313 e. The summed E-state index contributed by atoms with van der Waals surface area (Å²) in [6.45, 7) is 2.25. The van der Waals surface area contributed by atoms with E-state index in [1.54, 1.807) is 0 Å². The zero-order chi connectivity index (χ0) is 11.6. The minimum atomic E-state index is -1.23. The van der Waals surface area contributed by atoms with Gasteiger partial charge in [-0.15, -0.1) is 0 Å². The van der Waals surface area contributed by atoms with Crippen molar-refractivity contribution in [3.8, 4) is 5.75 Å². The van der Waals surface area contributed by atoms with Gasteiger partial charge in [0.05, 0.1) is 5.41 Å². The number of phenols is 1. The number of hydrogen-bond donors (Lipinski definition) is 2. The van der Waals surface area contributed by atoms with E-state index in [2.05, 4.69) is 0 Å². The molecule has 0 atom stereocenters. The highest BCUT2D eigenvalue weighted by Gasteiger charge is 2.32. The van der Waals surface area contributed by atoms with Crippen LogP contribution in [0.4, 0.5) is 4.39 Å². The Bertz CT molecular complexity index is 385. The Hall–Kier alpha value is -1.58. The predicted molar refractivity (Wildman–Crippen MR) is 53.6 cm³/mol. The zero-order valence-corrected chi connectivity index (χ0v) is 8.62. The first-order chi connectivity index (χ1) is 6.89. The molecule has 1 rings (SSSR count). The molecule has 0 aromatic heterocycles. The molecule has 0 radical (unpaired) electrons. The summed E-state index contributed by atoms with van der Waals surface area (Å²) in [4.78, 5) is 11.0. The molecule has 0 heterocycles. The van der Waals surface area contributed by atoms with Crippen LogP contribution in [0.25, 0.3) is 0 Å². The first-order valence-electron chi connectivity index (χ1n) is 4.51. The number of aromatic hydroxyl groups is 1. The highest BCUT2D eigenvalue weighted by molar-refractivity contribution is 5.81. The second-order valence-electron chi connectivity index (χ2n) is 3.92. The van der Waals surface area contributed by atoms with Crippen molar-refractivity contribution in [3.05, 3.63) is 29.3 Å². The molecule has 1 aromatic carbocycles. The van der Waals surface area contributed by atoms with Crippen molar-refractivity contribution < 1.29 is 19.4 Å². The monoisotopic (exact) mass is 212 g/mol. The van der Waals surface area contributed by atoms with E-state index in [0.717, 1.165) is 0 Å². The molecule has 2 N–H and O–H groups in total. The van der Waals surface area contributed by atoms with Crippen LogP contribution in [0.1, 0.15) is 25.0 Å². The molecular weight excluding hydrogens is 199 g/mol. The molecule has 0 aliphatic carbocycles. The van der Waals surface area contributed by atoms with Crippen LogP contribution in [-0.2, 0) is 16.9 Å². The van der Waals surface area contributed by atoms with Crippen molar-refractivity contribution in [2.45, 2.75) is 25.9 Å². The normalized spacial score (nSPS) is 11.4. The fourth-order valence-electron chi connectivity index (χ4n) is 1.28. The molecule has 4 heteroatoms. The van der Waals surface area contributed by atoms with Gasteiger partial charge in [0.2, 0.25) is 0 Å². The van der Waals surface area contributed by atoms with Crippen molar-refractivity contribution in [3.63, 3.8) is 0 Å². The van der Waals surface area contributed by atoms with Crippen LogP contribution in [-0.4, -0.2) is 16.2 Å². The predicted octanol–water partition coefficient (Wildman–Crippen LogP) is 2.22. The summed E-state index contributed by atoms with van der Waals surface area (Å²) in [5.41, 5.74) is -0.641. The Morgan fingerprint density at radius 3 is 2.53 bits per heavy atom. The van der Waals surface area contributed by atoms with Gasteiger partial charge in [0, 0.05) is 5.56 Å². The lowest BCUT2D eigenvalue weighted by Gasteiger charge is -2.21. The third-order valence-corrected chi connectivity index (χ3v) is 2.42. The third kappa shape index (κ3) is 2.09. The van der Waals surface area contributed by atoms with E-state index < -0.39 is 18.1 Å². The van der Waals surface area contributed by atoms with Gasteiger partial charge in [-0.05, 0) is 31.5 Å². The Labute approximate surface area is 87.2 Å². The molecule has 3 nitrogen and oxygen atoms in total. The molecule has 0 saturated heterocycles. The largest absolute Gasteiger partial charge is 0.508 e. The molecule has 0 aliphatic rings. The molecule has 0 unspecified atom stereocenters. The molecule has 0 aliphatic heterocycles. The van der Waals surface area contributed by atoms with Crippen molar-refractivity contribution in [2.24, 2.45) is 0 Å². The van der Waals surface area contributed by atoms with Crippen LogP contribution in [0.2, 0.25) is 0 Å². The molecule has 15 heavy (non-hydrogen) atoms. The Kier molecular flexibility index (Phi) is 2.98. The number of alkyl halides is 1. The van der Waals surface area contributed by atoms with Crippen molar-refractivity contribution in [1.82, 2.24) is 0 Å². The summed E-state index contributed by atoms with van der Waals surface area (Å²) in [5, 5.41) is 18.5. The lowest BCUT2D eigenvalue weighted by molar-refractivity contribution is -0.142. The summed E-state index contributed by atoms with van der Waals surface area (Å²) >= 11 is 0. The van der Waals surface area contributed by atoms with E-state index >= 15 is 0 Å².